The molecule has 3 aromatic rings. The topological polar surface area (TPSA) is 22.1 Å². The minimum absolute atomic E-state index is 0.637. The number of nitrogens with zero attached hydrogens (tertiary/aromatic N) is 1. The van der Waals surface area contributed by atoms with Crippen LogP contribution in [0.15, 0.2) is 72.9 Å². The van der Waals surface area contributed by atoms with Gasteiger partial charge in [-0.05, 0) is 17.7 Å². The summed E-state index contributed by atoms with van der Waals surface area (Å²) in [6.07, 6.45) is 1.74. The third-order valence-corrected chi connectivity index (χ3v) is 3.78. The average molecular weight is 340 g/mol. The summed E-state index contributed by atoms with van der Waals surface area (Å²) in [5.74, 6) is 1.45. The first-order chi connectivity index (χ1) is 10.4. The maximum atomic E-state index is 6.04. The lowest BCUT2D eigenvalue weighted by Crippen LogP contribution is -1.94. The van der Waals surface area contributed by atoms with Gasteiger partial charge in [0.25, 0.3) is 0 Å². The normalized spacial score (nSPS) is 10.3. The van der Waals surface area contributed by atoms with E-state index < -0.39 is 0 Å². The maximum Gasteiger partial charge on any atom is 0.223 e. The maximum absolute atomic E-state index is 6.04. The van der Waals surface area contributed by atoms with Crippen molar-refractivity contribution in [3.63, 3.8) is 0 Å². The smallest absolute Gasteiger partial charge is 0.223 e. The Hall–Kier alpha value is -2.13. The molecule has 0 atom stereocenters. The number of ether oxygens (including phenoxy) is 1. The fraction of sp³-hybridized carbons (Fsp3) is 0.0556. The number of rotatable bonds is 4. The number of pyridine rings is 1. The van der Waals surface area contributed by atoms with Gasteiger partial charge < -0.3 is 4.74 Å². The summed E-state index contributed by atoms with van der Waals surface area (Å²) >= 11 is 3.47. The van der Waals surface area contributed by atoms with Crippen molar-refractivity contribution in [2.45, 2.75) is 5.33 Å². The van der Waals surface area contributed by atoms with E-state index in [9.17, 15) is 0 Å². The molecule has 2 nitrogen and oxygen atoms in total. The predicted octanol–water partition coefficient (Wildman–Crippen LogP) is 5.44. The van der Waals surface area contributed by atoms with Crippen LogP contribution >= 0.6 is 15.9 Å². The molecule has 21 heavy (non-hydrogen) atoms. The fourth-order valence-corrected chi connectivity index (χ4v) is 2.56. The summed E-state index contributed by atoms with van der Waals surface area (Å²) in [6.45, 7) is 0. The molecule has 0 saturated heterocycles. The Morgan fingerprint density at radius 1 is 0.857 bits per heavy atom. The first-order valence-corrected chi connectivity index (χ1v) is 7.83. The lowest BCUT2D eigenvalue weighted by molar-refractivity contribution is 0.460. The number of aromatic nitrogens is 1. The number of hydrogen-bond donors (Lipinski definition) is 0. The molecule has 0 aliphatic heterocycles. The van der Waals surface area contributed by atoms with E-state index in [0.717, 1.165) is 22.4 Å². The van der Waals surface area contributed by atoms with Crippen LogP contribution in [0.2, 0.25) is 0 Å². The van der Waals surface area contributed by atoms with Crippen LogP contribution in [-0.2, 0) is 5.33 Å². The Labute approximate surface area is 132 Å². The molecule has 1 heterocycles. The molecule has 0 N–H and O–H groups in total. The van der Waals surface area contributed by atoms with Crippen LogP contribution in [0.1, 0.15) is 5.56 Å². The Kier molecular flexibility index (Phi) is 4.31. The third kappa shape index (κ3) is 3.14. The third-order valence-electron chi connectivity index (χ3n) is 3.17. The van der Waals surface area contributed by atoms with Gasteiger partial charge in [0.15, 0.2) is 0 Å². The lowest BCUT2D eigenvalue weighted by atomic mass is 10.1. The molecule has 0 aliphatic rings. The van der Waals surface area contributed by atoms with Gasteiger partial charge in [0, 0.05) is 22.7 Å². The second kappa shape index (κ2) is 6.55. The van der Waals surface area contributed by atoms with Crippen LogP contribution in [0, 0.1) is 0 Å². The van der Waals surface area contributed by atoms with Crippen molar-refractivity contribution in [3.05, 3.63) is 78.5 Å². The molecule has 0 unspecified atom stereocenters. The Morgan fingerprint density at radius 3 is 2.43 bits per heavy atom. The number of alkyl halides is 1. The number of hydrogen-bond acceptors (Lipinski definition) is 2. The van der Waals surface area contributed by atoms with Crippen molar-refractivity contribution < 1.29 is 4.74 Å². The molecule has 0 amide bonds. The van der Waals surface area contributed by atoms with E-state index in [-0.39, 0.29) is 0 Å². The van der Waals surface area contributed by atoms with Gasteiger partial charge in [-0.25, -0.2) is 4.98 Å². The highest BCUT2D eigenvalue weighted by atomic mass is 79.9. The van der Waals surface area contributed by atoms with Gasteiger partial charge in [-0.15, -0.1) is 0 Å². The number of halogens is 1. The summed E-state index contributed by atoms with van der Waals surface area (Å²) in [6, 6.07) is 22.1. The molecule has 0 spiro atoms. The van der Waals surface area contributed by atoms with E-state index in [1.807, 2.05) is 48.5 Å². The molecule has 2 aromatic carbocycles. The van der Waals surface area contributed by atoms with Crippen molar-refractivity contribution in [1.29, 1.82) is 0 Å². The zero-order valence-corrected chi connectivity index (χ0v) is 13.0. The highest BCUT2D eigenvalue weighted by Gasteiger charge is 2.09. The second-order valence-corrected chi connectivity index (χ2v) is 5.13. The van der Waals surface area contributed by atoms with Gasteiger partial charge in [-0.2, -0.15) is 0 Å². The molecule has 0 bridgehead atoms. The molecule has 104 valence electrons. The first-order valence-electron chi connectivity index (χ1n) is 6.70. The van der Waals surface area contributed by atoms with E-state index in [1.165, 1.54) is 0 Å². The minimum Gasteiger partial charge on any atom is -0.438 e. The summed E-state index contributed by atoms with van der Waals surface area (Å²) in [4.78, 5) is 4.33. The predicted molar refractivity (Wildman–Crippen MR) is 88.8 cm³/mol. The molecule has 3 heteroatoms. The summed E-state index contributed by atoms with van der Waals surface area (Å²) in [7, 11) is 0. The molecule has 3 rings (SSSR count). The van der Waals surface area contributed by atoms with Crippen LogP contribution in [0.4, 0.5) is 0 Å². The van der Waals surface area contributed by atoms with Crippen LogP contribution in [0.3, 0.4) is 0 Å². The molecule has 0 aliphatic carbocycles. The van der Waals surface area contributed by atoms with Gasteiger partial charge in [0.2, 0.25) is 5.88 Å². The molecular formula is C18H14BrNO. The van der Waals surface area contributed by atoms with Crippen molar-refractivity contribution >= 4 is 15.9 Å². The lowest BCUT2D eigenvalue weighted by Gasteiger charge is -2.12. The van der Waals surface area contributed by atoms with E-state index in [1.54, 1.807) is 6.20 Å². The first kappa shape index (κ1) is 13.8. The fourth-order valence-electron chi connectivity index (χ4n) is 2.13. The molecule has 1 aromatic heterocycles. The van der Waals surface area contributed by atoms with Gasteiger partial charge >= 0.3 is 0 Å². The zero-order chi connectivity index (χ0) is 14.5. The van der Waals surface area contributed by atoms with E-state index in [0.29, 0.717) is 11.2 Å². The van der Waals surface area contributed by atoms with E-state index >= 15 is 0 Å². The summed E-state index contributed by atoms with van der Waals surface area (Å²) in [5, 5.41) is 0.712. The highest BCUT2D eigenvalue weighted by molar-refractivity contribution is 9.08. The second-order valence-electron chi connectivity index (χ2n) is 4.57. The van der Waals surface area contributed by atoms with Gasteiger partial charge in [0.1, 0.15) is 5.75 Å². The van der Waals surface area contributed by atoms with Crippen LogP contribution in [0.5, 0.6) is 11.6 Å². The van der Waals surface area contributed by atoms with Gasteiger partial charge in [0.05, 0.1) is 0 Å². The average Bonchev–Trinajstić information content (AvgIpc) is 2.57. The largest absolute Gasteiger partial charge is 0.438 e. The van der Waals surface area contributed by atoms with Crippen molar-refractivity contribution in [3.8, 4) is 22.8 Å². The number of para-hydroxylation sites is 1. The Balaban J connectivity index is 2.00. The highest BCUT2D eigenvalue weighted by Crippen LogP contribution is 2.33. The molecular weight excluding hydrogens is 326 g/mol. The van der Waals surface area contributed by atoms with Crippen LogP contribution < -0.4 is 4.74 Å². The quantitative estimate of drug-likeness (QED) is 0.590. The number of benzene rings is 2. The van der Waals surface area contributed by atoms with Crippen LogP contribution in [-0.4, -0.2) is 4.98 Å². The molecule has 0 radical (unpaired) electrons. The molecule has 0 fully saturated rings. The SMILES string of the molecule is BrCc1cccnc1Oc1ccccc1-c1ccccc1. The Bertz CT molecular complexity index is 728. The standard InChI is InChI=1S/C18H14BrNO/c19-13-15-9-6-12-20-18(15)21-17-11-5-4-10-16(17)14-7-2-1-3-8-14/h1-12H,13H2. The molecule has 0 saturated carbocycles. The monoisotopic (exact) mass is 339 g/mol. The van der Waals surface area contributed by atoms with E-state index in [4.69, 9.17) is 4.74 Å². The van der Waals surface area contributed by atoms with Gasteiger partial charge in [-0.1, -0.05) is 70.5 Å². The summed E-state index contributed by atoms with van der Waals surface area (Å²) < 4.78 is 6.04. The van der Waals surface area contributed by atoms with Crippen LogP contribution in [0.25, 0.3) is 11.1 Å². The minimum atomic E-state index is 0.637. The zero-order valence-electron chi connectivity index (χ0n) is 11.4. The summed E-state index contributed by atoms with van der Waals surface area (Å²) in [5.41, 5.74) is 3.22. The van der Waals surface area contributed by atoms with Gasteiger partial charge in [-0.3, -0.25) is 0 Å². The van der Waals surface area contributed by atoms with Crippen molar-refractivity contribution in [2.75, 3.05) is 0 Å². The van der Waals surface area contributed by atoms with Crippen molar-refractivity contribution in [1.82, 2.24) is 4.98 Å². The van der Waals surface area contributed by atoms with E-state index in [2.05, 4.69) is 39.1 Å². The van der Waals surface area contributed by atoms with Crippen molar-refractivity contribution in [2.24, 2.45) is 0 Å². The Morgan fingerprint density at radius 2 is 1.62 bits per heavy atom.